The zero-order valence-corrected chi connectivity index (χ0v) is 27.3. The Labute approximate surface area is 267 Å². The second-order valence-corrected chi connectivity index (χ2v) is 13.2. The van der Waals surface area contributed by atoms with Gasteiger partial charge in [0.25, 0.3) is 0 Å². The Morgan fingerprint density at radius 2 is 0.756 bits per heavy atom. The molecule has 0 aliphatic heterocycles. The third-order valence-corrected chi connectivity index (χ3v) is 10.1. The third kappa shape index (κ3) is 5.69. The highest BCUT2D eigenvalue weighted by atomic mass is 15.1. The van der Waals surface area contributed by atoms with Crippen LogP contribution in [-0.4, -0.2) is 28.7 Å². The molecule has 6 heteroatoms. The van der Waals surface area contributed by atoms with Crippen molar-refractivity contribution >= 4 is 33.1 Å². The number of hydrogen-bond donors (Lipinski definition) is 0. The van der Waals surface area contributed by atoms with Crippen LogP contribution in [0.3, 0.4) is 0 Å². The highest BCUT2D eigenvalue weighted by Crippen LogP contribution is 2.48. The van der Waals surface area contributed by atoms with Crippen molar-refractivity contribution in [2.24, 2.45) is 0 Å². The number of nitrogens with zero attached hydrogens (tertiary/aromatic N) is 6. The van der Waals surface area contributed by atoms with Crippen LogP contribution in [0.15, 0.2) is 72.8 Å². The van der Waals surface area contributed by atoms with Crippen LogP contribution < -0.4 is 0 Å². The molecule has 0 spiro atoms. The summed E-state index contributed by atoms with van der Waals surface area (Å²) in [4.78, 5) is 16.2. The van der Waals surface area contributed by atoms with E-state index in [1.807, 2.05) is 0 Å². The van der Waals surface area contributed by atoms with Gasteiger partial charge in [-0.25, -0.2) is 15.0 Å². The molecule has 3 heterocycles. The first-order valence-corrected chi connectivity index (χ1v) is 17.6. The van der Waals surface area contributed by atoms with Crippen LogP contribution in [0.5, 0.6) is 0 Å². The Morgan fingerprint density at radius 3 is 1.04 bits per heavy atom. The molecule has 1 aliphatic carbocycles. The molecular formula is C39H48N6. The van der Waals surface area contributed by atoms with Gasteiger partial charge in [-0.3, -0.25) is 0 Å². The lowest BCUT2D eigenvalue weighted by Gasteiger charge is -2.35. The molecule has 1 aliphatic rings. The summed E-state index contributed by atoms with van der Waals surface area (Å²) in [6.07, 6.45) is 10.2. The number of aromatic nitrogens is 6. The molecule has 1 fully saturated rings. The summed E-state index contributed by atoms with van der Waals surface area (Å²) in [6, 6.07) is 26.2. The van der Waals surface area contributed by atoms with Gasteiger partial charge in [-0.15, -0.1) is 0 Å². The highest BCUT2D eigenvalue weighted by Gasteiger charge is 2.38. The molecule has 0 saturated heterocycles. The van der Waals surface area contributed by atoms with Gasteiger partial charge in [0, 0.05) is 37.4 Å². The van der Waals surface area contributed by atoms with Gasteiger partial charge in [0.2, 0.25) is 0 Å². The molecule has 6 nitrogen and oxygen atoms in total. The second-order valence-electron chi connectivity index (χ2n) is 13.2. The highest BCUT2D eigenvalue weighted by molar-refractivity contribution is 5.77. The Kier molecular flexibility index (Phi) is 8.73. The third-order valence-electron chi connectivity index (χ3n) is 10.1. The summed E-state index contributed by atoms with van der Waals surface area (Å²) >= 11 is 0. The van der Waals surface area contributed by atoms with Crippen molar-refractivity contribution in [3.63, 3.8) is 0 Å². The van der Waals surface area contributed by atoms with Crippen molar-refractivity contribution in [2.75, 3.05) is 0 Å². The van der Waals surface area contributed by atoms with Crippen LogP contribution in [0.25, 0.3) is 33.1 Å². The average Bonchev–Trinajstić information content (AvgIpc) is 3.76. The zero-order valence-electron chi connectivity index (χ0n) is 27.3. The Bertz CT molecular complexity index is 1670. The molecule has 0 unspecified atom stereocenters. The molecule has 234 valence electrons. The Balaban J connectivity index is 1.37. The fourth-order valence-electron chi connectivity index (χ4n) is 7.82. The number of aryl methyl sites for hydroxylation is 3. The van der Waals surface area contributed by atoms with Gasteiger partial charge in [0.1, 0.15) is 17.5 Å². The number of para-hydroxylation sites is 6. The summed E-state index contributed by atoms with van der Waals surface area (Å²) in [7, 11) is 0. The van der Waals surface area contributed by atoms with Crippen LogP contribution in [0, 0.1) is 0 Å². The van der Waals surface area contributed by atoms with Gasteiger partial charge in [-0.2, -0.15) is 0 Å². The summed E-state index contributed by atoms with van der Waals surface area (Å²) in [6.45, 7) is 9.90. The molecule has 0 amide bonds. The number of rotatable bonds is 12. The first kappa shape index (κ1) is 29.8. The zero-order chi connectivity index (χ0) is 30.8. The van der Waals surface area contributed by atoms with Crippen LogP contribution in [0.2, 0.25) is 0 Å². The van der Waals surface area contributed by atoms with E-state index >= 15 is 0 Å². The van der Waals surface area contributed by atoms with E-state index in [1.54, 1.807) is 0 Å². The number of fused-ring (bicyclic) bond motifs is 3. The van der Waals surface area contributed by atoms with E-state index in [0.717, 1.165) is 74.7 Å². The van der Waals surface area contributed by atoms with Crippen LogP contribution in [0.1, 0.15) is 114 Å². The van der Waals surface area contributed by atoms with Crippen molar-refractivity contribution < 1.29 is 0 Å². The molecule has 3 aromatic heterocycles. The molecule has 0 atom stereocenters. The monoisotopic (exact) mass is 600 g/mol. The lowest BCUT2D eigenvalue weighted by molar-refractivity contribution is 0.310. The second kappa shape index (κ2) is 13.2. The van der Waals surface area contributed by atoms with E-state index in [4.69, 9.17) is 15.0 Å². The van der Waals surface area contributed by atoms with E-state index in [0.29, 0.717) is 17.8 Å². The molecule has 0 N–H and O–H groups in total. The minimum atomic E-state index is 0.330. The standard InChI is InChI=1S/C39H48N6/c1-4-7-22-43-34-19-13-10-16-31(34)40-37(43)28-25-29(38-41-32-17-11-14-20-35(32)44(38)23-8-5-2)27-30(26-28)39-42-33-18-12-15-21-36(33)45(39)24-9-6-3/h10-21,28-30H,4-9,22-27H2,1-3H3. The summed E-state index contributed by atoms with van der Waals surface area (Å²) < 4.78 is 7.63. The maximum atomic E-state index is 5.38. The smallest absolute Gasteiger partial charge is 0.113 e. The summed E-state index contributed by atoms with van der Waals surface area (Å²) in [5.74, 6) is 4.76. The van der Waals surface area contributed by atoms with E-state index in [-0.39, 0.29) is 0 Å². The van der Waals surface area contributed by atoms with Gasteiger partial charge in [0.15, 0.2) is 0 Å². The molecule has 1 saturated carbocycles. The predicted molar refractivity (Wildman–Crippen MR) is 186 cm³/mol. The van der Waals surface area contributed by atoms with Crippen molar-refractivity contribution in [2.45, 2.75) is 116 Å². The van der Waals surface area contributed by atoms with Gasteiger partial charge in [0.05, 0.1) is 33.1 Å². The van der Waals surface area contributed by atoms with E-state index in [1.165, 1.54) is 53.3 Å². The first-order valence-electron chi connectivity index (χ1n) is 17.6. The maximum Gasteiger partial charge on any atom is 0.113 e. The van der Waals surface area contributed by atoms with E-state index < -0.39 is 0 Å². The topological polar surface area (TPSA) is 53.5 Å². The maximum absolute atomic E-state index is 5.38. The van der Waals surface area contributed by atoms with Crippen LogP contribution >= 0.6 is 0 Å². The van der Waals surface area contributed by atoms with E-state index in [9.17, 15) is 0 Å². The van der Waals surface area contributed by atoms with Gasteiger partial charge in [-0.05, 0) is 74.9 Å². The molecule has 0 bridgehead atoms. The fraction of sp³-hybridized carbons (Fsp3) is 0.462. The van der Waals surface area contributed by atoms with Gasteiger partial charge >= 0.3 is 0 Å². The minimum Gasteiger partial charge on any atom is -0.328 e. The molecule has 6 aromatic rings. The first-order chi connectivity index (χ1) is 22.2. The quantitative estimate of drug-likeness (QED) is 0.140. The fourth-order valence-corrected chi connectivity index (χ4v) is 7.82. The van der Waals surface area contributed by atoms with Gasteiger partial charge < -0.3 is 13.7 Å². The van der Waals surface area contributed by atoms with Crippen molar-refractivity contribution in [3.05, 3.63) is 90.3 Å². The molecule has 3 aromatic carbocycles. The van der Waals surface area contributed by atoms with Crippen molar-refractivity contribution in [1.29, 1.82) is 0 Å². The number of imidazole rings is 3. The lowest BCUT2D eigenvalue weighted by atomic mass is 9.73. The molecule has 0 radical (unpaired) electrons. The summed E-state index contributed by atoms with van der Waals surface area (Å²) in [5, 5.41) is 0. The van der Waals surface area contributed by atoms with Crippen LogP contribution in [-0.2, 0) is 19.6 Å². The van der Waals surface area contributed by atoms with Gasteiger partial charge in [-0.1, -0.05) is 76.4 Å². The minimum absolute atomic E-state index is 0.330. The molecule has 7 rings (SSSR count). The van der Waals surface area contributed by atoms with Crippen LogP contribution in [0.4, 0.5) is 0 Å². The SMILES string of the molecule is CCCCn1c(C2CC(c3nc4ccccc4n3CCCC)CC(c3nc4ccccc4n3CCCC)C2)nc2ccccc21. The average molecular weight is 601 g/mol. The largest absolute Gasteiger partial charge is 0.328 e. The number of unbranched alkanes of at least 4 members (excludes halogenated alkanes) is 3. The normalized spacial score (nSPS) is 18.9. The Hall–Kier alpha value is -3.93. The lowest BCUT2D eigenvalue weighted by Crippen LogP contribution is -2.26. The van der Waals surface area contributed by atoms with E-state index in [2.05, 4.69) is 107 Å². The molecular weight excluding hydrogens is 552 g/mol. The Morgan fingerprint density at radius 1 is 0.467 bits per heavy atom. The number of hydrogen-bond acceptors (Lipinski definition) is 3. The molecule has 45 heavy (non-hydrogen) atoms. The predicted octanol–water partition coefficient (Wildman–Crippen LogP) is 9.97. The van der Waals surface area contributed by atoms with Crippen molar-refractivity contribution in [1.82, 2.24) is 28.7 Å². The van der Waals surface area contributed by atoms with Crippen molar-refractivity contribution in [3.8, 4) is 0 Å². The number of benzene rings is 3. The summed E-state index contributed by atoms with van der Waals surface area (Å²) in [5.41, 5.74) is 7.16.